The van der Waals surface area contributed by atoms with E-state index in [1.54, 1.807) is 0 Å². The van der Waals surface area contributed by atoms with Crippen LogP contribution in [0.15, 0.2) is 54.6 Å². The maximum absolute atomic E-state index is 12.2. The van der Waals surface area contributed by atoms with Crippen molar-refractivity contribution in [3.05, 3.63) is 71.3 Å². The molecule has 0 aromatic heterocycles. The van der Waals surface area contributed by atoms with E-state index in [1.165, 1.54) is 0 Å². The summed E-state index contributed by atoms with van der Waals surface area (Å²) in [7, 11) is 0. The molecule has 3 heteroatoms. The van der Waals surface area contributed by atoms with Crippen molar-refractivity contribution in [2.45, 2.75) is 51.6 Å². The van der Waals surface area contributed by atoms with Crippen molar-refractivity contribution < 1.29 is 14.6 Å². The fourth-order valence-corrected chi connectivity index (χ4v) is 3.23. The Kier molecular flexibility index (Phi) is 7.68. The van der Waals surface area contributed by atoms with Gasteiger partial charge in [0.15, 0.2) is 0 Å². The Morgan fingerprint density at radius 2 is 1.68 bits per heavy atom. The summed E-state index contributed by atoms with van der Waals surface area (Å²) >= 11 is 0. The smallest absolute Gasteiger partial charge is 0.338 e. The molecule has 134 valence electrons. The Bertz CT molecular complexity index is 651. The zero-order valence-corrected chi connectivity index (χ0v) is 15.2. The predicted molar refractivity (Wildman–Crippen MR) is 101 cm³/mol. The molecule has 0 aliphatic rings. The van der Waals surface area contributed by atoms with Crippen LogP contribution in [-0.4, -0.2) is 17.7 Å². The van der Waals surface area contributed by atoms with E-state index in [0.29, 0.717) is 18.1 Å². The summed E-state index contributed by atoms with van der Waals surface area (Å²) in [6.07, 6.45) is 3.10. The Morgan fingerprint density at radius 3 is 2.36 bits per heavy atom. The van der Waals surface area contributed by atoms with Crippen LogP contribution < -0.4 is 0 Å². The van der Waals surface area contributed by atoms with Crippen molar-refractivity contribution in [3.63, 3.8) is 0 Å². The first-order valence-corrected chi connectivity index (χ1v) is 9.16. The lowest BCUT2D eigenvalue weighted by molar-refractivity contribution is 0.0524. The number of hydrogen-bond acceptors (Lipinski definition) is 3. The van der Waals surface area contributed by atoms with Gasteiger partial charge in [0.2, 0.25) is 0 Å². The Labute approximate surface area is 150 Å². The normalized spacial score (nSPS) is 13.2. The van der Waals surface area contributed by atoms with Crippen LogP contribution in [-0.2, 0) is 4.74 Å². The van der Waals surface area contributed by atoms with Gasteiger partial charge >= 0.3 is 5.97 Å². The van der Waals surface area contributed by atoms with Crippen LogP contribution in [0.2, 0.25) is 0 Å². The van der Waals surface area contributed by atoms with Gasteiger partial charge in [-0.15, -0.1) is 0 Å². The quantitative estimate of drug-likeness (QED) is 0.633. The number of rotatable bonds is 9. The fraction of sp³-hybridized carbons (Fsp3) is 0.409. The third-order valence-electron chi connectivity index (χ3n) is 4.60. The van der Waals surface area contributed by atoms with Crippen molar-refractivity contribution in [3.8, 4) is 0 Å². The van der Waals surface area contributed by atoms with Crippen molar-refractivity contribution in [2.75, 3.05) is 6.61 Å². The van der Waals surface area contributed by atoms with Gasteiger partial charge in [-0.25, -0.2) is 4.79 Å². The number of carbonyl (C=O) groups is 1. The minimum Gasteiger partial charge on any atom is -0.462 e. The van der Waals surface area contributed by atoms with Gasteiger partial charge < -0.3 is 9.84 Å². The molecule has 2 aromatic rings. The molecule has 0 heterocycles. The molecule has 0 aliphatic heterocycles. The number of aliphatic hydroxyl groups is 1. The lowest BCUT2D eigenvalue weighted by Gasteiger charge is -2.19. The molecule has 0 fully saturated rings. The van der Waals surface area contributed by atoms with Gasteiger partial charge in [0.05, 0.1) is 18.3 Å². The molecule has 0 aliphatic carbocycles. The third-order valence-corrected chi connectivity index (χ3v) is 4.60. The molecular formula is C22H28O3. The fourth-order valence-electron chi connectivity index (χ4n) is 3.23. The maximum atomic E-state index is 12.2. The molecule has 0 spiro atoms. The molecule has 2 unspecified atom stereocenters. The Morgan fingerprint density at radius 1 is 1.00 bits per heavy atom. The molecule has 0 bridgehead atoms. The molecule has 0 saturated carbocycles. The van der Waals surface area contributed by atoms with E-state index in [2.05, 4.69) is 6.92 Å². The second-order valence-electron chi connectivity index (χ2n) is 6.27. The highest BCUT2D eigenvalue weighted by atomic mass is 16.5. The predicted octanol–water partition coefficient (Wildman–Crippen LogP) is 5.26. The van der Waals surface area contributed by atoms with E-state index in [-0.39, 0.29) is 5.97 Å². The van der Waals surface area contributed by atoms with E-state index < -0.39 is 6.10 Å². The van der Waals surface area contributed by atoms with Gasteiger partial charge in [-0.1, -0.05) is 55.5 Å². The van der Waals surface area contributed by atoms with E-state index in [1.807, 2.05) is 61.5 Å². The largest absolute Gasteiger partial charge is 0.462 e. The van der Waals surface area contributed by atoms with Crippen molar-refractivity contribution >= 4 is 5.97 Å². The lowest BCUT2D eigenvalue weighted by Crippen LogP contribution is -2.11. The summed E-state index contributed by atoms with van der Waals surface area (Å²) in [4.78, 5) is 12.2. The second kappa shape index (κ2) is 10.00. The summed E-state index contributed by atoms with van der Waals surface area (Å²) in [5, 5.41) is 10.3. The standard InChI is InChI=1S/C22H28O3/c1-3-17(13-10-16-21(23)18-11-6-5-7-12-18)19-14-8-9-15-20(19)22(24)25-4-2/h5-9,11-12,14-15,17,21,23H,3-4,10,13,16H2,1-2H3. The average molecular weight is 340 g/mol. The van der Waals surface area contributed by atoms with Crippen molar-refractivity contribution in [1.82, 2.24) is 0 Å². The topological polar surface area (TPSA) is 46.5 Å². The molecular weight excluding hydrogens is 312 g/mol. The van der Waals surface area contributed by atoms with Gasteiger partial charge in [0, 0.05) is 0 Å². The van der Waals surface area contributed by atoms with E-state index >= 15 is 0 Å². The monoisotopic (exact) mass is 340 g/mol. The SMILES string of the molecule is CCOC(=O)c1ccccc1C(CC)CCCC(O)c1ccccc1. The molecule has 0 radical (unpaired) electrons. The molecule has 3 nitrogen and oxygen atoms in total. The number of esters is 1. The third kappa shape index (κ3) is 5.43. The number of benzene rings is 2. The molecule has 25 heavy (non-hydrogen) atoms. The highest BCUT2D eigenvalue weighted by Gasteiger charge is 2.19. The minimum atomic E-state index is -0.431. The summed E-state index contributed by atoms with van der Waals surface area (Å²) in [6, 6.07) is 17.5. The molecule has 2 rings (SSSR count). The maximum Gasteiger partial charge on any atom is 0.338 e. The number of ether oxygens (including phenoxy) is 1. The van der Waals surface area contributed by atoms with Gasteiger partial charge in [0.1, 0.15) is 0 Å². The zero-order valence-electron chi connectivity index (χ0n) is 15.2. The average Bonchev–Trinajstić information content (AvgIpc) is 2.66. The van der Waals surface area contributed by atoms with Crippen LogP contribution in [0.5, 0.6) is 0 Å². The zero-order chi connectivity index (χ0) is 18.1. The highest BCUT2D eigenvalue weighted by molar-refractivity contribution is 5.91. The van der Waals surface area contributed by atoms with E-state index in [9.17, 15) is 9.90 Å². The Balaban J connectivity index is 2.00. The van der Waals surface area contributed by atoms with Gasteiger partial charge in [-0.2, -0.15) is 0 Å². The van der Waals surface area contributed by atoms with Crippen LogP contribution in [0.25, 0.3) is 0 Å². The van der Waals surface area contributed by atoms with Crippen LogP contribution in [0, 0.1) is 0 Å². The van der Waals surface area contributed by atoms with E-state index in [4.69, 9.17) is 4.74 Å². The molecule has 0 saturated heterocycles. The number of aliphatic hydroxyl groups excluding tert-OH is 1. The van der Waals surface area contributed by atoms with E-state index in [0.717, 1.165) is 36.8 Å². The van der Waals surface area contributed by atoms with Crippen LogP contribution in [0.3, 0.4) is 0 Å². The van der Waals surface area contributed by atoms with Crippen LogP contribution in [0.1, 0.15) is 73.0 Å². The first-order valence-electron chi connectivity index (χ1n) is 9.16. The van der Waals surface area contributed by atoms with Gasteiger partial charge in [-0.05, 0) is 55.7 Å². The molecule has 2 aromatic carbocycles. The highest BCUT2D eigenvalue weighted by Crippen LogP contribution is 2.30. The molecule has 0 amide bonds. The first kappa shape index (κ1) is 19.2. The number of hydrogen-bond donors (Lipinski definition) is 1. The van der Waals surface area contributed by atoms with Crippen molar-refractivity contribution in [2.24, 2.45) is 0 Å². The van der Waals surface area contributed by atoms with Crippen LogP contribution in [0.4, 0.5) is 0 Å². The molecule has 1 N–H and O–H groups in total. The van der Waals surface area contributed by atoms with Crippen molar-refractivity contribution in [1.29, 1.82) is 0 Å². The lowest BCUT2D eigenvalue weighted by atomic mass is 9.87. The Hall–Kier alpha value is -2.13. The second-order valence-corrected chi connectivity index (χ2v) is 6.27. The molecule has 2 atom stereocenters. The summed E-state index contributed by atoms with van der Waals surface area (Å²) < 4.78 is 5.18. The number of carbonyl (C=O) groups excluding carboxylic acids is 1. The minimum absolute atomic E-state index is 0.249. The van der Waals surface area contributed by atoms with Crippen LogP contribution >= 0.6 is 0 Å². The first-order chi connectivity index (χ1) is 12.2. The summed E-state index contributed by atoms with van der Waals surface area (Å²) in [5.74, 6) is 0.0458. The summed E-state index contributed by atoms with van der Waals surface area (Å²) in [5.41, 5.74) is 2.68. The van der Waals surface area contributed by atoms with Gasteiger partial charge in [-0.3, -0.25) is 0 Å². The van der Waals surface area contributed by atoms with Gasteiger partial charge in [0.25, 0.3) is 0 Å². The summed E-state index contributed by atoms with van der Waals surface area (Å²) in [6.45, 7) is 4.34.